The lowest BCUT2D eigenvalue weighted by Gasteiger charge is -2.07. The van der Waals surface area contributed by atoms with E-state index in [0.29, 0.717) is 5.69 Å². The zero-order valence-electron chi connectivity index (χ0n) is 10.8. The van der Waals surface area contributed by atoms with Crippen LogP contribution >= 0.6 is 11.6 Å². The van der Waals surface area contributed by atoms with Gasteiger partial charge in [0, 0.05) is 24.0 Å². The van der Waals surface area contributed by atoms with Crippen LogP contribution in [0.5, 0.6) is 0 Å². The maximum absolute atomic E-state index is 14.0. The van der Waals surface area contributed by atoms with Crippen LogP contribution in [0.1, 0.15) is 15.9 Å². The largest absolute Gasteiger partial charge is 0.322 e. The molecule has 0 aliphatic carbocycles. The monoisotopic (exact) mass is 309 g/mol. The third-order valence-corrected chi connectivity index (χ3v) is 2.89. The van der Waals surface area contributed by atoms with Crippen LogP contribution in [0.4, 0.5) is 15.8 Å². The highest BCUT2D eigenvalue weighted by molar-refractivity contribution is 6.29. The first-order valence-electron chi connectivity index (χ1n) is 5.76. The van der Waals surface area contributed by atoms with Gasteiger partial charge in [0.2, 0.25) is 0 Å². The number of hydrogen-bond donors (Lipinski definition) is 1. The van der Waals surface area contributed by atoms with Crippen molar-refractivity contribution in [2.24, 2.45) is 0 Å². The standard InChI is InChI=1S/C13H9ClFN3O3/c1-7-4-9(18(20)21)6-10(12(7)15)13(19)17-8-2-3-16-11(14)5-8/h2-6H,1H3,(H,16,17,19). The summed E-state index contributed by atoms with van der Waals surface area (Å²) in [4.78, 5) is 25.9. The second-order valence-corrected chi connectivity index (χ2v) is 4.59. The summed E-state index contributed by atoms with van der Waals surface area (Å²) in [6, 6.07) is 4.79. The fraction of sp³-hybridized carbons (Fsp3) is 0.0769. The van der Waals surface area contributed by atoms with Crippen LogP contribution in [0.3, 0.4) is 0 Å². The number of nitrogens with zero attached hydrogens (tertiary/aromatic N) is 2. The summed E-state index contributed by atoms with van der Waals surface area (Å²) in [6.07, 6.45) is 1.37. The number of nitrogens with one attached hydrogen (secondary N) is 1. The Balaban J connectivity index is 2.37. The van der Waals surface area contributed by atoms with Crippen molar-refractivity contribution in [2.75, 3.05) is 5.32 Å². The van der Waals surface area contributed by atoms with E-state index in [2.05, 4.69) is 10.3 Å². The van der Waals surface area contributed by atoms with Crippen molar-refractivity contribution < 1.29 is 14.1 Å². The van der Waals surface area contributed by atoms with E-state index in [1.54, 1.807) is 0 Å². The minimum absolute atomic E-state index is 0.0158. The minimum atomic E-state index is -0.807. The topological polar surface area (TPSA) is 85.1 Å². The van der Waals surface area contributed by atoms with Crippen molar-refractivity contribution in [3.05, 3.63) is 62.7 Å². The lowest BCUT2D eigenvalue weighted by atomic mass is 10.1. The Morgan fingerprint density at radius 2 is 2.14 bits per heavy atom. The van der Waals surface area contributed by atoms with E-state index in [-0.39, 0.29) is 16.4 Å². The first-order valence-corrected chi connectivity index (χ1v) is 6.13. The number of amides is 1. The zero-order chi connectivity index (χ0) is 15.6. The van der Waals surface area contributed by atoms with Gasteiger partial charge in [-0.1, -0.05) is 11.6 Å². The van der Waals surface area contributed by atoms with E-state index in [1.165, 1.54) is 25.3 Å². The van der Waals surface area contributed by atoms with E-state index >= 15 is 0 Å². The van der Waals surface area contributed by atoms with Gasteiger partial charge < -0.3 is 5.32 Å². The molecule has 0 radical (unpaired) electrons. The molecular formula is C13H9ClFN3O3. The summed E-state index contributed by atoms with van der Waals surface area (Å²) >= 11 is 5.67. The molecule has 108 valence electrons. The number of carbonyl (C=O) groups is 1. The summed E-state index contributed by atoms with van der Waals surface area (Å²) < 4.78 is 14.0. The van der Waals surface area contributed by atoms with Crippen LogP contribution in [0.2, 0.25) is 5.15 Å². The first-order chi connectivity index (χ1) is 9.88. The Kier molecular flexibility index (Phi) is 4.13. The van der Waals surface area contributed by atoms with Gasteiger partial charge in [0.25, 0.3) is 11.6 Å². The molecule has 8 heteroatoms. The first kappa shape index (κ1) is 14.9. The van der Waals surface area contributed by atoms with Gasteiger partial charge in [0.1, 0.15) is 11.0 Å². The number of halogens is 2. The summed E-state index contributed by atoms with van der Waals surface area (Å²) in [5.74, 6) is -1.61. The van der Waals surface area contributed by atoms with Crippen molar-refractivity contribution in [3.8, 4) is 0 Å². The van der Waals surface area contributed by atoms with Crippen LogP contribution in [0, 0.1) is 22.9 Å². The van der Waals surface area contributed by atoms with E-state index in [1.807, 2.05) is 0 Å². The molecule has 2 rings (SSSR count). The number of rotatable bonds is 3. The number of anilines is 1. The van der Waals surface area contributed by atoms with Gasteiger partial charge in [-0.2, -0.15) is 0 Å². The highest BCUT2D eigenvalue weighted by Gasteiger charge is 2.19. The van der Waals surface area contributed by atoms with Crippen LogP contribution in [-0.2, 0) is 0 Å². The molecule has 2 aromatic rings. The van der Waals surface area contributed by atoms with Crippen molar-refractivity contribution in [1.82, 2.24) is 4.98 Å². The summed E-state index contributed by atoms with van der Waals surface area (Å²) in [5, 5.41) is 13.3. The maximum atomic E-state index is 14.0. The molecule has 0 atom stereocenters. The second kappa shape index (κ2) is 5.84. The molecule has 1 N–H and O–H groups in total. The molecule has 6 nitrogen and oxygen atoms in total. The van der Waals surface area contributed by atoms with E-state index in [4.69, 9.17) is 11.6 Å². The smallest absolute Gasteiger partial charge is 0.270 e. The molecule has 0 bridgehead atoms. The minimum Gasteiger partial charge on any atom is -0.322 e. The number of hydrogen-bond acceptors (Lipinski definition) is 4. The Labute approximate surface area is 123 Å². The molecule has 0 aliphatic rings. The van der Waals surface area contributed by atoms with Crippen molar-refractivity contribution in [3.63, 3.8) is 0 Å². The Bertz CT molecular complexity index is 737. The van der Waals surface area contributed by atoms with Crippen LogP contribution < -0.4 is 5.32 Å². The molecule has 1 amide bonds. The lowest BCUT2D eigenvalue weighted by molar-refractivity contribution is -0.385. The highest BCUT2D eigenvalue weighted by Crippen LogP contribution is 2.22. The molecule has 0 saturated heterocycles. The zero-order valence-corrected chi connectivity index (χ0v) is 11.5. The predicted molar refractivity (Wildman–Crippen MR) is 75.0 cm³/mol. The highest BCUT2D eigenvalue weighted by atomic mass is 35.5. The number of nitro groups is 1. The lowest BCUT2D eigenvalue weighted by Crippen LogP contribution is -2.15. The fourth-order valence-corrected chi connectivity index (χ4v) is 1.87. The number of nitro benzene ring substituents is 1. The number of carbonyl (C=O) groups excluding carboxylic acids is 1. The van der Waals surface area contributed by atoms with Crippen LogP contribution in [-0.4, -0.2) is 15.8 Å². The second-order valence-electron chi connectivity index (χ2n) is 4.20. The Hall–Kier alpha value is -2.54. The summed E-state index contributed by atoms with van der Waals surface area (Å²) in [6.45, 7) is 1.35. The van der Waals surface area contributed by atoms with E-state index in [0.717, 1.165) is 12.1 Å². The van der Waals surface area contributed by atoms with Gasteiger partial charge in [-0.05, 0) is 24.6 Å². The molecule has 0 fully saturated rings. The molecule has 0 unspecified atom stereocenters. The number of aromatic nitrogens is 1. The Morgan fingerprint density at radius 1 is 1.43 bits per heavy atom. The number of benzene rings is 1. The van der Waals surface area contributed by atoms with E-state index < -0.39 is 22.2 Å². The summed E-state index contributed by atoms with van der Waals surface area (Å²) in [5.41, 5.74) is -0.438. The fourth-order valence-electron chi connectivity index (χ4n) is 1.70. The number of non-ortho nitro benzene ring substituents is 1. The normalized spacial score (nSPS) is 10.2. The molecule has 0 spiro atoms. The maximum Gasteiger partial charge on any atom is 0.270 e. The van der Waals surface area contributed by atoms with Gasteiger partial charge in [-0.25, -0.2) is 9.37 Å². The van der Waals surface area contributed by atoms with E-state index in [9.17, 15) is 19.3 Å². The van der Waals surface area contributed by atoms with Crippen molar-refractivity contribution in [2.45, 2.75) is 6.92 Å². The van der Waals surface area contributed by atoms with Crippen LogP contribution in [0.15, 0.2) is 30.5 Å². The third-order valence-electron chi connectivity index (χ3n) is 2.68. The summed E-state index contributed by atoms with van der Waals surface area (Å²) in [7, 11) is 0. The quantitative estimate of drug-likeness (QED) is 0.535. The molecule has 0 aliphatic heterocycles. The van der Waals surface area contributed by atoms with Crippen molar-refractivity contribution in [1.29, 1.82) is 0 Å². The molecular weight excluding hydrogens is 301 g/mol. The van der Waals surface area contributed by atoms with Gasteiger partial charge in [-0.3, -0.25) is 14.9 Å². The number of aryl methyl sites for hydroxylation is 1. The molecule has 1 heterocycles. The predicted octanol–water partition coefficient (Wildman–Crippen LogP) is 3.34. The molecule has 21 heavy (non-hydrogen) atoms. The van der Waals surface area contributed by atoms with Gasteiger partial charge in [0.05, 0.1) is 10.5 Å². The molecule has 1 aromatic heterocycles. The third kappa shape index (κ3) is 3.32. The SMILES string of the molecule is Cc1cc([N+](=O)[O-])cc(C(=O)Nc2ccnc(Cl)c2)c1F. The van der Waals surface area contributed by atoms with Crippen LogP contribution in [0.25, 0.3) is 0 Å². The number of pyridine rings is 1. The average molecular weight is 310 g/mol. The Morgan fingerprint density at radius 3 is 2.76 bits per heavy atom. The van der Waals surface area contributed by atoms with Gasteiger partial charge >= 0.3 is 0 Å². The van der Waals surface area contributed by atoms with Crippen molar-refractivity contribution >= 4 is 28.9 Å². The molecule has 1 aromatic carbocycles. The van der Waals surface area contributed by atoms with Gasteiger partial charge in [0.15, 0.2) is 0 Å². The van der Waals surface area contributed by atoms with Gasteiger partial charge in [-0.15, -0.1) is 0 Å². The average Bonchev–Trinajstić information content (AvgIpc) is 2.41. The molecule has 0 saturated carbocycles.